The van der Waals surface area contributed by atoms with Crippen molar-refractivity contribution in [2.75, 3.05) is 13.2 Å². The lowest BCUT2D eigenvalue weighted by Crippen LogP contribution is -2.38. The molecule has 1 fully saturated rings. The average Bonchev–Trinajstić information content (AvgIpc) is 3.36. The van der Waals surface area contributed by atoms with E-state index in [9.17, 15) is 17.2 Å². The van der Waals surface area contributed by atoms with Crippen LogP contribution in [-0.4, -0.2) is 40.9 Å². The third-order valence-corrected chi connectivity index (χ3v) is 6.46. The fraction of sp³-hybridized carbons (Fsp3) is 0.500. The predicted octanol–water partition coefficient (Wildman–Crippen LogP) is 1.69. The number of sulfonamides is 1. The van der Waals surface area contributed by atoms with Crippen LogP contribution < -0.4 is 0 Å². The first kappa shape index (κ1) is 17.5. The zero-order chi connectivity index (χ0) is 18.3. The van der Waals surface area contributed by atoms with E-state index >= 15 is 0 Å². The van der Waals surface area contributed by atoms with Gasteiger partial charge in [0.25, 0.3) is 0 Å². The highest BCUT2D eigenvalue weighted by molar-refractivity contribution is 7.89. The molecular formula is C16H18F2N4O3S. The molecule has 140 valence electrons. The van der Waals surface area contributed by atoms with E-state index in [2.05, 4.69) is 10.3 Å². The van der Waals surface area contributed by atoms with Gasteiger partial charge in [0.1, 0.15) is 5.69 Å². The highest BCUT2D eigenvalue weighted by Gasteiger charge is 2.31. The van der Waals surface area contributed by atoms with E-state index in [0.717, 1.165) is 12.1 Å². The summed E-state index contributed by atoms with van der Waals surface area (Å²) in [6.07, 6.45) is 2.36. The van der Waals surface area contributed by atoms with Gasteiger partial charge >= 0.3 is 0 Å². The molecule has 1 aliphatic carbocycles. The molecule has 0 bridgehead atoms. The minimum Gasteiger partial charge on any atom is -0.375 e. The largest absolute Gasteiger partial charge is 0.375 e. The lowest BCUT2D eigenvalue weighted by molar-refractivity contribution is 0.107. The summed E-state index contributed by atoms with van der Waals surface area (Å²) in [6.45, 7) is 1.54. The summed E-state index contributed by atoms with van der Waals surface area (Å²) in [5.74, 6) is -1.66. The quantitative estimate of drug-likeness (QED) is 0.757. The number of halogens is 2. The number of hydrogen-bond acceptors (Lipinski definition) is 5. The second-order valence-corrected chi connectivity index (χ2v) is 8.52. The molecule has 26 heavy (non-hydrogen) atoms. The third kappa shape index (κ3) is 3.36. The molecule has 2 aromatic rings. The molecule has 0 N–H and O–H groups in total. The zero-order valence-electron chi connectivity index (χ0n) is 13.9. The molecule has 7 nitrogen and oxygen atoms in total. The van der Waals surface area contributed by atoms with E-state index in [4.69, 9.17) is 4.74 Å². The van der Waals surface area contributed by atoms with E-state index < -0.39 is 21.7 Å². The maximum atomic E-state index is 13.4. The van der Waals surface area contributed by atoms with Gasteiger partial charge in [-0.25, -0.2) is 21.9 Å². The van der Waals surface area contributed by atoms with Gasteiger partial charge in [0.15, 0.2) is 11.6 Å². The molecule has 1 saturated carbocycles. The van der Waals surface area contributed by atoms with Gasteiger partial charge in [-0.2, -0.15) is 4.31 Å². The van der Waals surface area contributed by atoms with Crippen LogP contribution in [0.1, 0.15) is 24.2 Å². The normalized spacial score (nSPS) is 18.1. The van der Waals surface area contributed by atoms with Gasteiger partial charge in [0.2, 0.25) is 10.0 Å². The lowest BCUT2D eigenvalue weighted by atomic mass is 10.3. The maximum Gasteiger partial charge on any atom is 0.243 e. The molecular weight excluding hydrogens is 366 g/mol. The Kier molecular flexibility index (Phi) is 4.49. The summed E-state index contributed by atoms with van der Waals surface area (Å²) in [4.78, 5) is -0.274. The van der Waals surface area contributed by atoms with Crippen molar-refractivity contribution in [1.29, 1.82) is 0 Å². The van der Waals surface area contributed by atoms with Gasteiger partial charge in [-0.05, 0) is 37.0 Å². The summed E-state index contributed by atoms with van der Waals surface area (Å²) >= 11 is 0. The molecule has 0 spiro atoms. The van der Waals surface area contributed by atoms with E-state index in [-0.39, 0.29) is 24.6 Å². The Hall–Kier alpha value is -1.91. The Labute approximate surface area is 149 Å². The molecule has 0 amide bonds. The van der Waals surface area contributed by atoms with E-state index in [1.807, 2.05) is 0 Å². The van der Waals surface area contributed by atoms with E-state index in [1.165, 1.54) is 17.1 Å². The molecule has 0 radical (unpaired) electrons. The molecule has 0 unspecified atom stereocenters. The molecule has 4 rings (SSSR count). The van der Waals surface area contributed by atoms with Crippen LogP contribution >= 0.6 is 0 Å². The van der Waals surface area contributed by atoms with Gasteiger partial charge in [0, 0.05) is 13.2 Å². The van der Waals surface area contributed by atoms with Crippen molar-refractivity contribution in [3.8, 4) is 0 Å². The maximum absolute atomic E-state index is 13.4. The van der Waals surface area contributed by atoms with Crippen molar-refractivity contribution >= 4 is 10.0 Å². The Morgan fingerprint density at radius 2 is 2.00 bits per heavy atom. The monoisotopic (exact) mass is 384 g/mol. The molecule has 0 saturated heterocycles. The molecule has 0 atom stereocenters. The SMILES string of the molecule is O=S(=O)(c1ccc(F)c(F)c1)N1CCn2nnc(COCC3CC3)c2C1. The van der Waals surface area contributed by atoms with Gasteiger partial charge < -0.3 is 4.74 Å². The minimum absolute atomic E-state index is 0.0659. The van der Waals surface area contributed by atoms with Gasteiger partial charge in [-0.15, -0.1) is 5.10 Å². The van der Waals surface area contributed by atoms with Gasteiger partial charge in [-0.1, -0.05) is 5.21 Å². The number of hydrogen-bond donors (Lipinski definition) is 0. The summed E-state index contributed by atoms with van der Waals surface area (Å²) in [5, 5.41) is 8.13. The van der Waals surface area contributed by atoms with Crippen molar-refractivity contribution in [2.24, 2.45) is 5.92 Å². The molecule has 1 aromatic carbocycles. The molecule has 10 heteroatoms. The average molecular weight is 384 g/mol. The Bertz CT molecular complexity index is 928. The first-order valence-corrected chi connectivity index (χ1v) is 9.83. The van der Waals surface area contributed by atoms with Crippen LogP contribution in [0, 0.1) is 17.6 Å². The van der Waals surface area contributed by atoms with Crippen LogP contribution in [0.3, 0.4) is 0 Å². The van der Waals surface area contributed by atoms with E-state index in [1.54, 1.807) is 4.68 Å². The Balaban J connectivity index is 1.52. The topological polar surface area (TPSA) is 77.3 Å². The fourth-order valence-electron chi connectivity index (χ4n) is 2.88. The first-order chi connectivity index (χ1) is 12.4. The van der Waals surface area contributed by atoms with Crippen molar-refractivity contribution in [2.45, 2.75) is 37.4 Å². The number of ether oxygens (including phenoxy) is 1. The first-order valence-electron chi connectivity index (χ1n) is 8.39. The van der Waals surface area contributed by atoms with Crippen molar-refractivity contribution < 1.29 is 21.9 Å². The summed E-state index contributed by atoms with van der Waals surface area (Å²) < 4.78 is 60.6. The molecule has 2 aliphatic rings. The minimum atomic E-state index is -3.95. The molecule has 1 aromatic heterocycles. The standard InChI is InChI=1S/C16H18F2N4O3S/c17-13-4-3-12(7-14(13)18)26(23,24)21-5-6-22-16(8-21)15(19-20-22)10-25-9-11-1-2-11/h3-4,7,11H,1-2,5-6,8-10H2. The highest BCUT2D eigenvalue weighted by atomic mass is 32.2. The molecule has 2 heterocycles. The Morgan fingerprint density at radius 3 is 2.73 bits per heavy atom. The number of benzene rings is 1. The highest BCUT2D eigenvalue weighted by Crippen LogP contribution is 2.29. The van der Waals surface area contributed by atoms with Crippen LogP contribution in [0.15, 0.2) is 23.1 Å². The van der Waals surface area contributed by atoms with Crippen LogP contribution in [0.2, 0.25) is 0 Å². The summed E-state index contributed by atoms with van der Waals surface area (Å²) in [5.41, 5.74) is 1.27. The number of rotatable bonds is 6. The van der Waals surface area contributed by atoms with Crippen LogP contribution in [-0.2, 0) is 34.5 Å². The van der Waals surface area contributed by atoms with Crippen molar-refractivity contribution in [3.63, 3.8) is 0 Å². The third-order valence-electron chi connectivity index (χ3n) is 4.62. The number of aromatic nitrogens is 3. The fourth-order valence-corrected chi connectivity index (χ4v) is 4.29. The lowest BCUT2D eigenvalue weighted by Gasteiger charge is -2.27. The predicted molar refractivity (Wildman–Crippen MR) is 86.4 cm³/mol. The summed E-state index contributed by atoms with van der Waals surface area (Å²) in [7, 11) is -3.95. The number of fused-ring (bicyclic) bond motifs is 1. The number of nitrogens with zero attached hydrogens (tertiary/aromatic N) is 4. The van der Waals surface area contributed by atoms with E-state index in [0.29, 0.717) is 36.5 Å². The van der Waals surface area contributed by atoms with Crippen molar-refractivity contribution in [1.82, 2.24) is 19.3 Å². The molecule has 1 aliphatic heterocycles. The van der Waals surface area contributed by atoms with Crippen LogP contribution in [0.5, 0.6) is 0 Å². The zero-order valence-corrected chi connectivity index (χ0v) is 14.8. The van der Waals surface area contributed by atoms with Crippen molar-refractivity contribution in [3.05, 3.63) is 41.2 Å². The second kappa shape index (κ2) is 6.67. The second-order valence-electron chi connectivity index (χ2n) is 6.58. The van der Waals surface area contributed by atoms with Gasteiger partial charge in [0.05, 0.1) is 30.3 Å². The van der Waals surface area contributed by atoms with Crippen LogP contribution in [0.4, 0.5) is 8.78 Å². The van der Waals surface area contributed by atoms with Crippen LogP contribution in [0.25, 0.3) is 0 Å². The van der Waals surface area contributed by atoms with Gasteiger partial charge in [-0.3, -0.25) is 0 Å². The summed E-state index contributed by atoms with van der Waals surface area (Å²) in [6, 6.07) is 2.58. The smallest absolute Gasteiger partial charge is 0.243 e. The Morgan fingerprint density at radius 1 is 1.19 bits per heavy atom.